The molecule has 1 aliphatic heterocycles. The molecule has 11 rings (SSSR count). The van der Waals surface area contributed by atoms with Crippen LogP contribution in [0.5, 0.6) is 11.5 Å². The molecule has 2 heteroatoms. The van der Waals surface area contributed by atoms with Crippen LogP contribution in [0.3, 0.4) is 0 Å². The summed E-state index contributed by atoms with van der Waals surface area (Å²) in [4.78, 5) is 2.45. The highest BCUT2D eigenvalue weighted by molar-refractivity contribution is 6.02. The van der Waals surface area contributed by atoms with Crippen molar-refractivity contribution in [2.45, 2.75) is 5.41 Å². The molecule has 1 atom stereocenters. The number of fused-ring (bicyclic) bond motifs is 13. The minimum Gasteiger partial charge on any atom is -0.457 e. The van der Waals surface area contributed by atoms with E-state index in [0.717, 1.165) is 28.6 Å². The van der Waals surface area contributed by atoms with Gasteiger partial charge in [-0.15, -0.1) is 0 Å². The lowest BCUT2D eigenvalue weighted by atomic mass is 9.65. The van der Waals surface area contributed by atoms with E-state index >= 15 is 0 Å². The minimum atomic E-state index is -0.596. The lowest BCUT2D eigenvalue weighted by Crippen LogP contribution is -2.32. The zero-order valence-corrected chi connectivity index (χ0v) is 27.8. The molecule has 9 aromatic rings. The van der Waals surface area contributed by atoms with E-state index in [1.807, 2.05) is 0 Å². The Balaban J connectivity index is 1.26. The Labute approximate surface area is 296 Å². The van der Waals surface area contributed by atoms with Crippen molar-refractivity contribution >= 4 is 49.4 Å². The highest BCUT2D eigenvalue weighted by Crippen LogP contribution is 2.64. The van der Waals surface area contributed by atoms with Crippen LogP contribution in [0.15, 0.2) is 188 Å². The summed E-state index contributed by atoms with van der Waals surface area (Å²) in [6, 6.07) is 68.6. The molecule has 0 bridgehead atoms. The quantitative estimate of drug-likeness (QED) is 0.189. The van der Waals surface area contributed by atoms with Crippen molar-refractivity contribution in [3.63, 3.8) is 0 Å². The molecule has 1 spiro atoms. The van der Waals surface area contributed by atoms with Crippen molar-refractivity contribution in [3.8, 4) is 22.6 Å². The number of hydrogen-bond acceptors (Lipinski definition) is 2. The van der Waals surface area contributed by atoms with Crippen molar-refractivity contribution < 1.29 is 4.74 Å². The molecule has 0 radical (unpaired) electrons. The Kier molecular flexibility index (Phi) is 5.91. The Hall–Kier alpha value is -6.64. The summed E-state index contributed by atoms with van der Waals surface area (Å²) in [6.07, 6.45) is 0. The number of para-hydroxylation sites is 1. The predicted octanol–water partition coefficient (Wildman–Crippen LogP) is 13.1. The van der Waals surface area contributed by atoms with Gasteiger partial charge in [0.25, 0.3) is 0 Å². The third-order valence-corrected chi connectivity index (χ3v) is 11.1. The summed E-state index contributed by atoms with van der Waals surface area (Å²) in [5, 5.41) is 7.27. The van der Waals surface area contributed by atoms with Gasteiger partial charge in [-0.25, -0.2) is 0 Å². The van der Waals surface area contributed by atoms with Gasteiger partial charge in [-0.3, -0.25) is 0 Å². The Morgan fingerprint density at radius 2 is 0.980 bits per heavy atom. The normalized spacial score (nSPS) is 15.3. The maximum atomic E-state index is 6.80. The van der Waals surface area contributed by atoms with Crippen LogP contribution in [-0.2, 0) is 5.41 Å². The van der Waals surface area contributed by atoms with Gasteiger partial charge in [-0.05, 0) is 91.6 Å². The SMILES string of the molecule is c1ccc2c(c1)Oc1ccc3ccccc3c1C21c2ccccc2-c2ccc(N(c3ccc4ccccc4c3)c3cccc4ccccc34)cc21. The van der Waals surface area contributed by atoms with Crippen LogP contribution in [0.25, 0.3) is 43.4 Å². The monoisotopic (exact) mass is 649 g/mol. The molecular weight excluding hydrogens is 619 g/mol. The van der Waals surface area contributed by atoms with E-state index in [1.165, 1.54) is 65.7 Å². The van der Waals surface area contributed by atoms with Crippen LogP contribution >= 0.6 is 0 Å². The maximum Gasteiger partial charge on any atom is 0.132 e. The molecule has 0 saturated heterocycles. The Morgan fingerprint density at radius 1 is 0.373 bits per heavy atom. The number of anilines is 3. The molecule has 0 aromatic heterocycles. The van der Waals surface area contributed by atoms with Gasteiger partial charge < -0.3 is 9.64 Å². The number of benzene rings is 9. The van der Waals surface area contributed by atoms with Crippen molar-refractivity contribution in [1.29, 1.82) is 0 Å². The topological polar surface area (TPSA) is 12.5 Å². The van der Waals surface area contributed by atoms with Gasteiger partial charge in [-0.2, -0.15) is 0 Å². The molecule has 1 heterocycles. The highest BCUT2D eigenvalue weighted by atomic mass is 16.5. The fourth-order valence-corrected chi connectivity index (χ4v) is 8.95. The molecule has 1 unspecified atom stereocenters. The van der Waals surface area contributed by atoms with Crippen LogP contribution in [-0.4, -0.2) is 0 Å². The maximum absolute atomic E-state index is 6.80. The van der Waals surface area contributed by atoms with Crippen LogP contribution < -0.4 is 9.64 Å². The van der Waals surface area contributed by atoms with Gasteiger partial charge in [0.1, 0.15) is 11.5 Å². The number of rotatable bonds is 3. The summed E-state index contributed by atoms with van der Waals surface area (Å²) in [7, 11) is 0. The first-order valence-electron chi connectivity index (χ1n) is 17.6. The van der Waals surface area contributed by atoms with Crippen molar-refractivity contribution in [3.05, 3.63) is 210 Å². The van der Waals surface area contributed by atoms with Crippen LogP contribution in [0.4, 0.5) is 17.1 Å². The minimum absolute atomic E-state index is 0.596. The van der Waals surface area contributed by atoms with Crippen molar-refractivity contribution in [2.24, 2.45) is 0 Å². The zero-order chi connectivity index (χ0) is 33.5. The van der Waals surface area contributed by atoms with E-state index in [0.29, 0.717) is 0 Å². The van der Waals surface area contributed by atoms with Crippen LogP contribution in [0, 0.1) is 0 Å². The summed E-state index contributed by atoms with van der Waals surface area (Å²) in [5.74, 6) is 1.80. The molecular formula is C49H31NO. The summed E-state index contributed by atoms with van der Waals surface area (Å²) in [5.41, 5.74) is 10.2. The Morgan fingerprint density at radius 3 is 1.86 bits per heavy atom. The van der Waals surface area contributed by atoms with Crippen molar-refractivity contribution in [1.82, 2.24) is 0 Å². The van der Waals surface area contributed by atoms with E-state index in [9.17, 15) is 0 Å². The number of hydrogen-bond donors (Lipinski definition) is 0. The number of ether oxygens (including phenoxy) is 1. The first-order valence-corrected chi connectivity index (χ1v) is 17.6. The van der Waals surface area contributed by atoms with Gasteiger partial charge in [0.15, 0.2) is 0 Å². The second kappa shape index (κ2) is 10.7. The molecule has 9 aromatic carbocycles. The molecule has 1 aliphatic carbocycles. The fourth-order valence-electron chi connectivity index (χ4n) is 8.95. The first-order chi connectivity index (χ1) is 25.3. The summed E-state index contributed by atoms with van der Waals surface area (Å²) in [6.45, 7) is 0. The molecule has 0 saturated carbocycles. The summed E-state index contributed by atoms with van der Waals surface area (Å²) < 4.78 is 6.80. The van der Waals surface area contributed by atoms with E-state index in [1.54, 1.807) is 0 Å². The second-order valence-electron chi connectivity index (χ2n) is 13.6. The molecule has 0 amide bonds. The third kappa shape index (κ3) is 3.93. The van der Waals surface area contributed by atoms with E-state index in [4.69, 9.17) is 4.74 Å². The van der Waals surface area contributed by atoms with Gasteiger partial charge in [0, 0.05) is 27.9 Å². The van der Waals surface area contributed by atoms with Crippen LogP contribution in [0.2, 0.25) is 0 Å². The van der Waals surface area contributed by atoms with Crippen molar-refractivity contribution in [2.75, 3.05) is 4.90 Å². The fraction of sp³-hybridized carbons (Fsp3) is 0.0204. The standard InChI is InChI=1S/C49H31NO/c1-2-15-35-30-36(26-24-32(35)12-1)50(45-22-11-16-33-13-3-5-17-38(33)45)37-27-28-41-40-19-7-8-20-42(40)49(44(41)31-37)43-21-9-10-23-46(43)51-47-29-25-34-14-4-6-18-39(34)48(47)49/h1-31H. The largest absolute Gasteiger partial charge is 0.457 e. The van der Waals surface area contributed by atoms with Gasteiger partial charge in [0.2, 0.25) is 0 Å². The first kappa shape index (κ1) is 28.2. The van der Waals surface area contributed by atoms with Gasteiger partial charge in [-0.1, -0.05) is 146 Å². The second-order valence-corrected chi connectivity index (χ2v) is 13.6. The van der Waals surface area contributed by atoms with E-state index in [2.05, 4.69) is 193 Å². The molecule has 238 valence electrons. The average molecular weight is 650 g/mol. The van der Waals surface area contributed by atoms with Gasteiger partial charge >= 0.3 is 0 Å². The Bertz CT molecular complexity index is 2860. The molecule has 51 heavy (non-hydrogen) atoms. The smallest absolute Gasteiger partial charge is 0.132 e. The molecule has 2 aliphatic rings. The summed E-state index contributed by atoms with van der Waals surface area (Å²) >= 11 is 0. The lowest BCUT2D eigenvalue weighted by molar-refractivity contribution is 0.438. The average Bonchev–Trinajstić information content (AvgIpc) is 3.47. The van der Waals surface area contributed by atoms with E-state index < -0.39 is 5.41 Å². The molecule has 0 N–H and O–H groups in total. The van der Waals surface area contributed by atoms with Gasteiger partial charge in [0.05, 0.1) is 11.1 Å². The lowest BCUT2D eigenvalue weighted by Gasteiger charge is -2.40. The highest BCUT2D eigenvalue weighted by Gasteiger charge is 2.52. The van der Waals surface area contributed by atoms with Crippen LogP contribution in [0.1, 0.15) is 22.3 Å². The predicted molar refractivity (Wildman–Crippen MR) is 211 cm³/mol. The zero-order valence-electron chi connectivity index (χ0n) is 27.8. The molecule has 2 nitrogen and oxygen atoms in total. The van der Waals surface area contributed by atoms with E-state index in [-0.39, 0.29) is 0 Å². The number of nitrogens with zero attached hydrogens (tertiary/aromatic N) is 1. The molecule has 0 fully saturated rings. The third-order valence-electron chi connectivity index (χ3n) is 11.1.